The fraction of sp³-hybridized carbons (Fsp3) is 0.308. The molecule has 2 rings (SSSR count). The van der Waals surface area contributed by atoms with Gasteiger partial charge in [0.25, 0.3) is 0 Å². The van der Waals surface area contributed by atoms with E-state index in [0.29, 0.717) is 0 Å². The number of hydrogen-bond donors (Lipinski definition) is 1. The molecule has 0 unspecified atom stereocenters. The van der Waals surface area contributed by atoms with Crippen LogP contribution in [0.3, 0.4) is 0 Å². The van der Waals surface area contributed by atoms with E-state index in [9.17, 15) is 4.79 Å². The second-order valence-electron chi connectivity index (χ2n) is 4.88. The van der Waals surface area contributed by atoms with Crippen molar-refractivity contribution in [1.29, 1.82) is 0 Å². The third kappa shape index (κ3) is 2.47. The molecule has 1 aromatic carbocycles. The lowest BCUT2D eigenvalue weighted by molar-refractivity contribution is 0.0544. The molecular formula is C13H15NO2S. The number of thiol groups is 1. The molecule has 0 radical (unpaired) electrons. The van der Waals surface area contributed by atoms with Crippen molar-refractivity contribution in [2.24, 2.45) is 0 Å². The highest BCUT2D eigenvalue weighted by Gasteiger charge is 2.19. The lowest BCUT2D eigenvalue weighted by Crippen LogP contribution is -2.26. The summed E-state index contributed by atoms with van der Waals surface area (Å²) < 4.78 is 6.82. The van der Waals surface area contributed by atoms with Gasteiger partial charge >= 0.3 is 6.09 Å². The molecule has 0 spiro atoms. The largest absolute Gasteiger partial charge is 0.443 e. The van der Waals surface area contributed by atoms with Crippen molar-refractivity contribution < 1.29 is 9.53 Å². The van der Waals surface area contributed by atoms with Crippen molar-refractivity contribution in [2.45, 2.75) is 31.3 Å². The molecule has 0 atom stereocenters. The molecule has 1 aromatic heterocycles. The molecular weight excluding hydrogens is 234 g/mol. The fourth-order valence-corrected chi connectivity index (χ4v) is 1.96. The zero-order valence-electron chi connectivity index (χ0n) is 10.1. The van der Waals surface area contributed by atoms with E-state index in [4.69, 9.17) is 4.74 Å². The molecule has 17 heavy (non-hydrogen) atoms. The number of aromatic nitrogens is 1. The molecule has 0 fully saturated rings. The van der Waals surface area contributed by atoms with Crippen LogP contribution in [-0.2, 0) is 4.74 Å². The number of para-hydroxylation sites is 1. The molecule has 0 aliphatic carbocycles. The van der Waals surface area contributed by atoms with E-state index in [1.165, 1.54) is 4.57 Å². The van der Waals surface area contributed by atoms with Crippen LogP contribution in [0.2, 0.25) is 0 Å². The van der Waals surface area contributed by atoms with Crippen molar-refractivity contribution >= 4 is 29.6 Å². The van der Waals surface area contributed by atoms with Crippen LogP contribution < -0.4 is 0 Å². The Hall–Kier alpha value is -1.42. The second-order valence-corrected chi connectivity index (χ2v) is 5.36. The Balaban J connectivity index is 2.46. The standard InChI is InChI=1S/C13H15NO2S/c1-13(2,3)16-12(15)14-8-7-9-5-4-6-10(17)11(9)14/h4-8,17H,1-3H3. The normalized spacial score (nSPS) is 11.8. The zero-order chi connectivity index (χ0) is 12.6. The highest BCUT2D eigenvalue weighted by atomic mass is 32.1. The van der Waals surface area contributed by atoms with E-state index in [1.807, 2.05) is 45.0 Å². The van der Waals surface area contributed by atoms with Gasteiger partial charge in [-0.2, -0.15) is 0 Å². The summed E-state index contributed by atoms with van der Waals surface area (Å²) in [4.78, 5) is 12.8. The number of nitrogens with zero attached hydrogens (tertiary/aromatic N) is 1. The summed E-state index contributed by atoms with van der Waals surface area (Å²) in [6, 6.07) is 7.57. The van der Waals surface area contributed by atoms with Crippen LogP contribution in [0.1, 0.15) is 20.8 Å². The quantitative estimate of drug-likeness (QED) is 0.722. The highest BCUT2D eigenvalue weighted by molar-refractivity contribution is 7.80. The maximum atomic E-state index is 12.0. The number of hydrogen-bond acceptors (Lipinski definition) is 3. The zero-order valence-corrected chi connectivity index (χ0v) is 11.0. The van der Waals surface area contributed by atoms with Crippen LogP contribution in [0.5, 0.6) is 0 Å². The van der Waals surface area contributed by atoms with Crippen LogP contribution in [0.4, 0.5) is 4.79 Å². The van der Waals surface area contributed by atoms with Gasteiger partial charge in [-0.05, 0) is 32.9 Å². The van der Waals surface area contributed by atoms with Gasteiger partial charge in [0.2, 0.25) is 0 Å². The van der Waals surface area contributed by atoms with Gasteiger partial charge in [0, 0.05) is 16.5 Å². The lowest BCUT2D eigenvalue weighted by atomic mass is 10.2. The summed E-state index contributed by atoms with van der Waals surface area (Å²) in [5, 5.41) is 0.975. The van der Waals surface area contributed by atoms with E-state index in [2.05, 4.69) is 12.6 Å². The topological polar surface area (TPSA) is 31.2 Å². The Morgan fingerprint density at radius 3 is 2.65 bits per heavy atom. The molecule has 0 saturated heterocycles. The number of carbonyl (C=O) groups excluding carboxylic acids is 1. The fourth-order valence-electron chi connectivity index (χ4n) is 1.64. The predicted molar refractivity (Wildman–Crippen MR) is 70.8 cm³/mol. The highest BCUT2D eigenvalue weighted by Crippen LogP contribution is 2.24. The summed E-state index contributed by atoms with van der Waals surface area (Å²) in [5.41, 5.74) is 0.282. The molecule has 2 aromatic rings. The van der Waals surface area contributed by atoms with Crippen LogP contribution >= 0.6 is 12.6 Å². The van der Waals surface area contributed by atoms with Gasteiger partial charge in [-0.25, -0.2) is 4.79 Å². The van der Waals surface area contributed by atoms with E-state index >= 15 is 0 Å². The van der Waals surface area contributed by atoms with Gasteiger partial charge in [-0.1, -0.05) is 12.1 Å². The first-order valence-corrected chi connectivity index (χ1v) is 5.85. The average molecular weight is 249 g/mol. The number of carbonyl (C=O) groups is 1. The first kappa shape index (κ1) is 12.0. The van der Waals surface area contributed by atoms with Crippen molar-refractivity contribution in [2.75, 3.05) is 0 Å². The number of benzene rings is 1. The van der Waals surface area contributed by atoms with Crippen molar-refractivity contribution in [3.63, 3.8) is 0 Å². The molecule has 0 bridgehead atoms. The molecule has 90 valence electrons. The van der Waals surface area contributed by atoms with Crippen LogP contribution in [-0.4, -0.2) is 16.3 Å². The molecule has 0 aliphatic heterocycles. The monoisotopic (exact) mass is 249 g/mol. The lowest BCUT2D eigenvalue weighted by Gasteiger charge is -2.20. The summed E-state index contributed by atoms with van der Waals surface area (Å²) in [6.07, 6.45) is 1.33. The summed E-state index contributed by atoms with van der Waals surface area (Å²) >= 11 is 4.36. The van der Waals surface area contributed by atoms with Gasteiger partial charge in [-0.15, -0.1) is 12.6 Å². The molecule has 3 nitrogen and oxygen atoms in total. The third-order valence-corrected chi connectivity index (χ3v) is 2.64. The molecule has 1 heterocycles. The summed E-state index contributed by atoms with van der Waals surface area (Å²) in [6.45, 7) is 5.54. The van der Waals surface area contributed by atoms with E-state index in [-0.39, 0.29) is 6.09 Å². The van der Waals surface area contributed by atoms with Crippen molar-refractivity contribution in [3.05, 3.63) is 30.5 Å². The Bertz CT molecular complexity index is 566. The van der Waals surface area contributed by atoms with Crippen molar-refractivity contribution in [1.82, 2.24) is 4.57 Å². The molecule has 0 amide bonds. The van der Waals surface area contributed by atoms with Gasteiger partial charge in [-0.3, -0.25) is 4.57 Å². The van der Waals surface area contributed by atoms with Gasteiger partial charge < -0.3 is 4.74 Å². The van der Waals surface area contributed by atoms with Gasteiger partial charge in [0.05, 0.1) is 5.52 Å². The Morgan fingerprint density at radius 2 is 2.00 bits per heavy atom. The van der Waals surface area contributed by atoms with E-state index < -0.39 is 5.60 Å². The van der Waals surface area contributed by atoms with Crippen LogP contribution in [0, 0.1) is 0 Å². The molecule has 0 aliphatic rings. The predicted octanol–water partition coefficient (Wildman–Crippen LogP) is 3.71. The van der Waals surface area contributed by atoms with Gasteiger partial charge in [0.1, 0.15) is 5.60 Å². The molecule has 0 N–H and O–H groups in total. The second kappa shape index (κ2) is 4.11. The third-order valence-electron chi connectivity index (χ3n) is 2.28. The van der Waals surface area contributed by atoms with Crippen LogP contribution in [0.25, 0.3) is 10.9 Å². The maximum absolute atomic E-state index is 12.0. The minimum atomic E-state index is -0.501. The summed E-state index contributed by atoms with van der Waals surface area (Å²) in [7, 11) is 0. The molecule has 0 saturated carbocycles. The van der Waals surface area contributed by atoms with Crippen LogP contribution in [0.15, 0.2) is 35.4 Å². The number of fused-ring (bicyclic) bond motifs is 1. The SMILES string of the molecule is CC(C)(C)OC(=O)n1ccc2cccc(S)c21. The average Bonchev–Trinajstić information content (AvgIpc) is 2.60. The first-order chi connectivity index (χ1) is 7.88. The Labute approximate surface area is 106 Å². The van der Waals surface area contributed by atoms with Gasteiger partial charge in [0.15, 0.2) is 0 Å². The number of rotatable bonds is 0. The number of ether oxygens (including phenoxy) is 1. The smallest absolute Gasteiger partial charge is 0.419 e. The minimum Gasteiger partial charge on any atom is -0.443 e. The van der Waals surface area contributed by atoms with Crippen molar-refractivity contribution in [3.8, 4) is 0 Å². The summed E-state index contributed by atoms with van der Waals surface area (Å²) in [5.74, 6) is 0. The Kier molecular flexibility index (Phi) is 2.91. The minimum absolute atomic E-state index is 0.381. The Morgan fingerprint density at radius 1 is 1.29 bits per heavy atom. The molecule has 4 heteroatoms. The van der Waals surface area contributed by atoms with E-state index in [1.54, 1.807) is 6.20 Å². The maximum Gasteiger partial charge on any atom is 0.419 e. The van der Waals surface area contributed by atoms with E-state index in [0.717, 1.165) is 15.8 Å². The first-order valence-electron chi connectivity index (χ1n) is 5.41.